The Bertz CT molecular complexity index is 829. The fourth-order valence-electron chi connectivity index (χ4n) is 2.47. The van der Waals surface area contributed by atoms with E-state index < -0.39 is 12.1 Å². The molecular weight excluding hydrogens is 334 g/mol. The number of ether oxygens (including phenoxy) is 4. The van der Waals surface area contributed by atoms with E-state index in [0.717, 1.165) is 11.1 Å². The Morgan fingerprint density at radius 2 is 1.58 bits per heavy atom. The molecule has 0 saturated carbocycles. The second kappa shape index (κ2) is 8.26. The van der Waals surface area contributed by atoms with Crippen molar-refractivity contribution in [2.24, 2.45) is 0 Å². The highest BCUT2D eigenvalue weighted by molar-refractivity contribution is 5.90. The van der Waals surface area contributed by atoms with Crippen molar-refractivity contribution >= 4 is 5.97 Å². The maximum absolute atomic E-state index is 12.4. The van der Waals surface area contributed by atoms with Gasteiger partial charge >= 0.3 is 5.97 Å². The number of carbonyl (C=O) groups is 1. The minimum Gasteiger partial charge on any atom is -0.493 e. The summed E-state index contributed by atoms with van der Waals surface area (Å²) in [5.41, 5.74) is 2.86. The molecule has 2 rings (SSSR count). The summed E-state index contributed by atoms with van der Waals surface area (Å²) in [6.45, 7) is 3.87. The summed E-state index contributed by atoms with van der Waals surface area (Å²) in [4.78, 5) is 12.4. The molecule has 6 heteroatoms. The SMILES string of the molecule is COc1cc(C(C#N)OC(=O)c2ccc(C)c(C)c2)cc(OC)c1OC. The van der Waals surface area contributed by atoms with E-state index in [1.165, 1.54) is 21.3 Å². The Balaban J connectivity index is 2.35. The Hall–Kier alpha value is -3.20. The van der Waals surface area contributed by atoms with Gasteiger partial charge in [-0.25, -0.2) is 4.79 Å². The van der Waals surface area contributed by atoms with Crippen LogP contribution in [0, 0.1) is 25.2 Å². The van der Waals surface area contributed by atoms with Crippen LogP contribution in [0.3, 0.4) is 0 Å². The van der Waals surface area contributed by atoms with Crippen molar-refractivity contribution in [2.45, 2.75) is 20.0 Å². The van der Waals surface area contributed by atoms with Gasteiger partial charge in [-0.3, -0.25) is 0 Å². The zero-order valence-corrected chi connectivity index (χ0v) is 15.5. The number of esters is 1. The monoisotopic (exact) mass is 355 g/mol. The third-order valence-corrected chi connectivity index (χ3v) is 4.07. The molecule has 0 fully saturated rings. The first-order valence-electron chi connectivity index (χ1n) is 7.92. The highest BCUT2D eigenvalue weighted by Crippen LogP contribution is 2.40. The predicted molar refractivity (Wildman–Crippen MR) is 95.8 cm³/mol. The molecule has 0 heterocycles. The Labute approximate surface area is 152 Å². The minimum absolute atomic E-state index is 0.379. The van der Waals surface area contributed by atoms with Gasteiger partial charge in [0.05, 0.1) is 26.9 Å². The van der Waals surface area contributed by atoms with Gasteiger partial charge in [-0.1, -0.05) is 6.07 Å². The van der Waals surface area contributed by atoms with Crippen molar-refractivity contribution in [3.05, 3.63) is 52.6 Å². The molecular formula is C20H21NO5. The average Bonchev–Trinajstić information content (AvgIpc) is 2.66. The number of carbonyl (C=O) groups excluding carboxylic acids is 1. The summed E-state index contributed by atoms with van der Waals surface area (Å²) < 4.78 is 21.2. The van der Waals surface area contributed by atoms with E-state index in [-0.39, 0.29) is 0 Å². The third kappa shape index (κ3) is 3.89. The molecule has 0 N–H and O–H groups in total. The van der Waals surface area contributed by atoms with Gasteiger partial charge in [0.1, 0.15) is 6.07 Å². The van der Waals surface area contributed by atoms with Gasteiger partial charge in [0.15, 0.2) is 11.5 Å². The molecule has 6 nitrogen and oxygen atoms in total. The molecule has 0 aliphatic carbocycles. The van der Waals surface area contributed by atoms with Crippen LogP contribution in [0.4, 0.5) is 0 Å². The summed E-state index contributed by atoms with van der Waals surface area (Å²) in [7, 11) is 4.44. The molecule has 1 unspecified atom stereocenters. The topological polar surface area (TPSA) is 77.8 Å². The number of aryl methyl sites for hydroxylation is 2. The van der Waals surface area contributed by atoms with Crippen molar-refractivity contribution < 1.29 is 23.7 Å². The lowest BCUT2D eigenvalue weighted by molar-refractivity contribution is 0.0403. The Morgan fingerprint density at radius 1 is 0.962 bits per heavy atom. The molecule has 0 aliphatic rings. The van der Waals surface area contributed by atoms with Crippen molar-refractivity contribution in [1.29, 1.82) is 5.26 Å². The Morgan fingerprint density at radius 3 is 2.04 bits per heavy atom. The standard InChI is InChI=1S/C20H21NO5/c1-12-6-7-14(8-13(12)2)20(22)26-18(11-21)15-9-16(23-3)19(25-5)17(10-15)24-4/h6-10,18H,1-5H3. The molecule has 26 heavy (non-hydrogen) atoms. The van der Waals surface area contributed by atoms with Crippen LogP contribution in [0.15, 0.2) is 30.3 Å². The van der Waals surface area contributed by atoms with Gasteiger partial charge in [0.25, 0.3) is 0 Å². The molecule has 0 amide bonds. The lowest BCUT2D eigenvalue weighted by Gasteiger charge is -2.17. The first-order valence-corrected chi connectivity index (χ1v) is 7.92. The van der Waals surface area contributed by atoms with Crippen LogP contribution in [0.2, 0.25) is 0 Å². The fourth-order valence-corrected chi connectivity index (χ4v) is 2.47. The molecule has 0 radical (unpaired) electrons. The summed E-state index contributed by atoms with van der Waals surface area (Å²) in [5, 5.41) is 9.49. The lowest BCUT2D eigenvalue weighted by atomic mass is 10.1. The van der Waals surface area contributed by atoms with E-state index in [2.05, 4.69) is 0 Å². The summed E-state index contributed by atoms with van der Waals surface area (Å²) >= 11 is 0. The number of rotatable bonds is 6. The number of methoxy groups -OCH3 is 3. The van der Waals surface area contributed by atoms with E-state index in [1.54, 1.807) is 24.3 Å². The van der Waals surface area contributed by atoms with Crippen LogP contribution in [-0.2, 0) is 4.74 Å². The molecule has 0 spiro atoms. The van der Waals surface area contributed by atoms with Crippen LogP contribution in [0.1, 0.15) is 33.2 Å². The zero-order chi connectivity index (χ0) is 19.3. The van der Waals surface area contributed by atoms with E-state index >= 15 is 0 Å². The fraction of sp³-hybridized carbons (Fsp3) is 0.300. The van der Waals surface area contributed by atoms with Gasteiger partial charge in [0.2, 0.25) is 11.9 Å². The normalized spacial score (nSPS) is 11.2. The minimum atomic E-state index is -1.11. The second-order valence-electron chi connectivity index (χ2n) is 5.67. The molecule has 136 valence electrons. The zero-order valence-electron chi connectivity index (χ0n) is 15.5. The lowest BCUT2D eigenvalue weighted by Crippen LogP contribution is -2.11. The van der Waals surface area contributed by atoms with Gasteiger partial charge in [0, 0.05) is 5.56 Å². The maximum atomic E-state index is 12.4. The number of nitriles is 1. The van der Waals surface area contributed by atoms with Crippen LogP contribution < -0.4 is 14.2 Å². The maximum Gasteiger partial charge on any atom is 0.339 e. The molecule has 2 aromatic carbocycles. The van der Waals surface area contributed by atoms with Gasteiger partial charge in [-0.05, 0) is 49.2 Å². The predicted octanol–water partition coefficient (Wildman–Crippen LogP) is 3.75. The van der Waals surface area contributed by atoms with E-state index in [1.807, 2.05) is 26.0 Å². The smallest absolute Gasteiger partial charge is 0.339 e. The first kappa shape index (κ1) is 19.1. The van der Waals surface area contributed by atoms with Crippen LogP contribution in [0.25, 0.3) is 0 Å². The van der Waals surface area contributed by atoms with Crippen LogP contribution in [0.5, 0.6) is 17.2 Å². The average molecular weight is 355 g/mol. The Kier molecular flexibility index (Phi) is 6.07. The van der Waals surface area contributed by atoms with Crippen molar-refractivity contribution in [1.82, 2.24) is 0 Å². The first-order chi connectivity index (χ1) is 12.4. The molecule has 1 atom stereocenters. The van der Waals surface area contributed by atoms with Gasteiger partial charge < -0.3 is 18.9 Å². The van der Waals surface area contributed by atoms with Gasteiger partial charge in [-0.15, -0.1) is 0 Å². The highest BCUT2D eigenvalue weighted by Gasteiger charge is 2.22. The number of hydrogen-bond donors (Lipinski definition) is 0. The van der Waals surface area contributed by atoms with Gasteiger partial charge in [-0.2, -0.15) is 5.26 Å². The highest BCUT2D eigenvalue weighted by atomic mass is 16.5. The summed E-state index contributed by atoms with van der Waals surface area (Å²) in [5.74, 6) is 0.581. The van der Waals surface area contributed by atoms with E-state index in [0.29, 0.717) is 28.4 Å². The molecule has 0 aromatic heterocycles. The molecule has 2 aromatic rings. The molecule has 0 bridgehead atoms. The van der Waals surface area contributed by atoms with Crippen molar-refractivity contribution in [2.75, 3.05) is 21.3 Å². The van der Waals surface area contributed by atoms with Crippen molar-refractivity contribution in [3.8, 4) is 23.3 Å². The van der Waals surface area contributed by atoms with E-state index in [9.17, 15) is 10.1 Å². The largest absolute Gasteiger partial charge is 0.493 e. The number of benzene rings is 2. The van der Waals surface area contributed by atoms with Crippen LogP contribution >= 0.6 is 0 Å². The third-order valence-electron chi connectivity index (χ3n) is 4.07. The molecule has 0 aliphatic heterocycles. The second-order valence-corrected chi connectivity index (χ2v) is 5.67. The number of nitrogens with zero attached hydrogens (tertiary/aromatic N) is 1. The number of hydrogen-bond acceptors (Lipinski definition) is 6. The van der Waals surface area contributed by atoms with Crippen LogP contribution in [-0.4, -0.2) is 27.3 Å². The quantitative estimate of drug-likeness (QED) is 0.735. The molecule has 0 saturated heterocycles. The van der Waals surface area contributed by atoms with E-state index in [4.69, 9.17) is 18.9 Å². The summed E-state index contributed by atoms with van der Waals surface area (Å²) in [6.07, 6.45) is -1.11. The van der Waals surface area contributed by atoms with Crippen molar-refractivity contribution in [3.63, 3.8) is 0 Å². The summed E-state index contributed by atoms with van der Waals surface area (Å²) in [6, 6.07) is 10.4.